The van der Waals surface area contributed by atoms with Gasteiger partial charge >= 0.3 is 0 Å². The Bertz CT molecular complexity index is 646. The molecule has 0 fully saturated rings. The van der Waals surface area contributed by atoms with Crippen molar-refractivity contribution < 1.29 is 8.78 Å². The van der Waals surface area contributed by atoms with Crippen LogP contribution in [0.25, 0.3) is 0 Å². The number of rotatable bonds is 1. The van der Waals surface area contributed by atoms with E-state index in [1.165, 1.54) is 0 Å². The molecule has 2 aromatic rings. The van der Waals surface area contributed by atoms with Crippen molar-refractivity contribution in [2.75, 3.05) is 6.54 Å². The van der Waals surface area contributed by atoms with Crippen LogP contribution in [0.3, 0.4) is 0 Å². The molecule has 21 heavy (non-hydrogen) atoms. The summed E-state index contributed by atoms with van der Waals surface area (Å²) in [4.78, 5) is 4.09. The van der Waals surface area contributed by atoms with E-state index in [0.29, 0.717) is 11.3 Å². The van der Waals surface area contributed by atoms with Crippen LogP contribution in [0.15, 0.2) is 53.5 Å². The second kappa shape index (κ2) is 6.17. The lowest BCUT2D eigenvalue weighted by Crippen LogP contribution is -2.27. The number of nitrogens with zero attached hydrogens (tertiary/aromatic N) is 1. The van der Waals surface area contributed by atoms with Crippen LogP contribution in [0, 0.1) is 6.92 Å². The van der Waals surface area contributed by atoms with Crippen molar-refractivity contribution in [3.8, 4) is 0 Å². The normalized spacial score (nSPS) is 15.4. The molecule has 3 heteroatoms. The molecule has 2 aromatic carbocycles. The molecular formula is C18H19F2N. The molecule has 1 nitrogen and oxygen atoms in total. The molecule has 0 atom stereocenters. The van der Waals surface area contributed by atoms with Crippen molar-refractivity contribution in [2.24, 2.45) is 4.99 Å². The zero-order chi connectivity index (χ0) is 15.5. The first-order valence-corrected chi connectivity index (χ1v) is 7.17. The number of fused-ring (bicyclic) bond motifs is 1. The van der Waals surface area contributed by atoms with Crippen molar-refractivity contribution in [3.63, 3.8) is 0 Å². The van der Waals surface area contributed by atoms with E-state index in [9.17, 15) is 8.78 Å². The SMILES string of the molecule is CC.Cc1ccc2c(c1)C(F)(F)CN=C2c1ccccc1. The lowest BCUT2D eigenvalue weighted by molar-refractivity contribution is 0.00474. The molecule has 0 saturated heterocycles. The molecule has 0 amide bonds. The molecule has 0 unspecified atom stereocenters. The molecule has 0 N–H and O–H groups in total. The molecule has 3 rings (SSSR count). The summed E-state index contributed by atoms with van der Waals surface area (Å²) in [6, 6.07) is 14.6. The largest absolute Gasteiger partial charge is 0.293 e. The minimum Gasteiger partial charge on any atom is -0.277 e. The van der Waals surface area contributed by atoms with Gasteiger partial charge in [-0.05, 0) is 13.0 Å². The van der Waals surface area contributed by atoms with Gasteiger partial charge in [-0.15, -0.1) is 0 Å². The predicted molar refractivity (Wildman–Crippen MR) is 83.4 cm³/mol. The van der Waals surface area contributed by atoms with E-state index < -0.39 is 12.5 Å². The van der Waals surface area contributed by atoms with Crippen LogP contribution >= 0.6 is 0 Å². The molecule has 110 valence electrons. The topological polar surface area (TPSA) is 12.4 Å². The summed E-state index contributed by atoms with van der Waals surface area (Å²) in [6.45, 7) is 5.35. The van der Waals surface area contributed by atoms with Crippen LogP contribution in [-0.4, -0.2) is 12.3 Å². The van der Waals surface area contributed by atoms with Crippen LogP contribution in [0.5, 0.6) is 0 Å². The van der Waals surface area contributed by atoms with Crippen molar-refractivity contribution in [2.45, 2.75) is 26.7 Å². The van der Waals surface area contributed by atoms with Crippen LogP contribution in [0.2, 0.25) is 0 Å². The third-order valence-electron chi connectivity index (χ3n) is 3.31. The summed E-state index contributed by atoms with van der Waals surface area (Å²) in [5.41, 5.74) is 2.99. The van der Waals surface area contributed by atoms with Gasteiger partial charge in [0.2, 0.25) is 0 Å². The number of benzene rings is 2. The van der Waals surface area contributed by atoms with Crippen LogP contribution in [-0.2, 0) is 5.92 Å². The van der Waals surface area contributed by atoms with Gasteiger partial charge in [0.1, 0.15) is 6.54 Å². The van der Waals surface area contributed by atoms with Gasteiger partial charge in [0.05, 0.1) is 5.71 Å². The average molecular weight is 287 g/mol. The summed E-state index contributed by atoms with van der Waals surface area (Å²) in [6.07, 6.45) is 0. The number of aryl methyl sites for hydroxylation is 1. The smallest absolute Gasteiger partial charge is 0.277 e. The number of alkyl halides is 2. The monoisotopic (exact) mass is 287 g/mol. The molecule has 0 aromatic heterocycles. The molecule has 0 spiro atoms. The maximum absolute atomic E-state index is 14.0. The van der Waals surface area contributed by atoms with E-state index in [2.05, 4.69) is 4.99 Å². The summed E-state index contributed by atoms with van der Waals surface area (Å²) in [5.74, 6) is -2.88. The maximum Gasteiger partial charge on any atom is 0.293 e. The third-order valence-corrected chi connectivity index (χ3v) is 3.31. The van der Waals surface area contributed by atoms with Crippen molar-refractivity contribution >= 4 is 5.71 Å². The highest BCUT2D eigenvalue weighted by Crippen LogP contribution is 2.36. The summed E-state index contributed by atoms with van der Waals surface area (Å²) in [5, 5.41) is 0. The lowest BCUT2D eigenvalue weighted by Gasteiger charge is -2.25. The molecule has 0 saturated carbocycles. The number of halogens is 2. The van der Waals surface area contributed by atoms with Crippen molar-refractivity contribution in [1.29, 1.82) is 0 Å². The van der Waals surface area contributed by atoms with E-state index in [1.807, 2.05) is 57.2 Å². The van der Waals surface area contributed by atoms with E-state index in [4.69, 9.17) is 0 Å². The van der Waals surface area contributed by atoms with E-state index in [-0.39, 0.29) is 5.56 Å². The first-order valence-electron chi connectivity index (χ1n) is 7.17. The second-order valence-corrected chi connectivity index (χ2v) is 4.78. The Labute approximate surface area is 124 Å². The summed E-state index contributed by atoms with van der Waals surface area (Å²) in [7, 11) is 0. The van der Waals surface area contributed by atoms with E-state index in [0.717, 1.165) is 11.1 Å². The third kappa shape index (κ3) is 3.02. The Morgan fingerprint density at radius 1 is 1.00 bits per heavy atom. The Hall–Kier alpha value is -2.03. The quantitative estimate of drug-likeness (QED) is 0.702. The number of hydrogen-bond donors (Lipinski definition) is 0. The van der Waals surface area contributed by atoms with Crippen molar-refractivity contribution in [3.05, 3.63) is 70.8 Å². The van der Waals surface area contributed by atoms with Crippen molar-refractivity contribution in [1.82, 2.24) is 0 Å². The molecular weight excluding hydrogens is 268 g/mol. The Morgan fingerprint density at radius 2 is 1.67 bits per heavy atom. The van der Waals surface area contributed by atoms with Gasteiger partial charge in [-0.2, -0.15) is 8.78 Å². The Morgan fingerprint density at radius 3 is 2.33 bits per heavy atom. The van der Waals surface area contributed by atoms with Crippen LogP contribution < -0.4 is 0 Å². The van der Waals surface area contributed by atoms with Gasteiger partial charge in [-0.3, -0.25) is 4.99 Å². The Kier molecular flexibility index (Phi) is 4.51. The average Bonchev–Trinajstić information content (AvgIpc) is 2.51. The highest BCUT2D eigenvalue weighted by atomic mass is 19.3. The minimum absolute atomic E-state index is 0.0846. The van der Waals surface area contributed by atoms with Gasteiger partial charge in [0.25, 0.3) is 5.92 Å². The fraction of sp³-hybridized carbons (Fsp3) is 0.278. The fourth-order valence-corrected chi connectivity index (χ4v) is 2.36. The molecule has 1 heterocycles. The molecule has 1 aliphatic rings. The summed E-state index contributed by atoms with van der Waals surface area (Å²) < 4.78 is 27.9. The first-order chi connectivity index (χ1) is 10.1. The predicted octanol–water partition coefficient (Wildman–Crippen LogP) is 4.96. The second-order valence-electron chi connectivity index (χ2n) is 4.78. The lowest BCUT2D eigenvalue weighted by atomic mass is 9.90. The highest BCUT2D eigenvalue weighted by molar-refractivity contribution is 6.14. The van der Waals surface area contributed by atoms with Gasteiger partial charge in [0, 0.05) is 16.7 Å². The van der Waals surface area contributed by atoms with E-state index in [1.54, 1.807) is 12.1 Å². The van der Waals surface area contributed by atoms with Gasteiger partial charge < -0.3 is 0 Å². The standard InChI is InChI=1S/C16H13F2N.C2H6/c1-11-7-8-13-14(9-11)16(17,18)10-19-15(13)12-5-3-2-4-6-12;1-2/h2-9H,10H2,1H3;1-2H3. The first kappa shape index (κ1) is 15.4. The van der Waals surface area contributed by atoms with Crippen LogP contribution in [0.4, 0.5) is 8.78 Å². The zero-order valence-electron chi connectivity index (χ0n) is 12.5. The Balaban J connectivity index is 0.000000774. The van der Waals surface area contributed by atoms with E-state index >= 15 is 0 Å². The molecule has 0 radical (unpaired) electrons. The molecule has 1 aliphatic heterocycles. The number of aliphatic imine (C=N–C) groups is 1. The molecule has 0 aliphatic carbocycles. The minimum atomic E-state index is -2.88. The zero-order valence-corrected chi connectivity index (χ0v) is 12.5. The number of hydrogen-bond acceptors (Lipinski definition) is 1. The van der Waals surface area contributed by atoms with Gasteiger partial charge in [-0.1, -0.05) is 61.9 Å². The fourth-order valence-electron chi connectivity index (χ4n) is 2.36. The van der Waals surface area contributed by atoms with Gasteiger partial charge in [-0.25, -0.2) is 0 Å². The molecule has 0 bridgehead atoms. The highest BCUT2D eigenvalue weighted by Gasteiger charge is 2.38. The van der Waals surface area contributed by atoms with Gasteiger partial charge in [0.15, 0.2) is 0 Å². The van der Waals surface area contributed by atoms with Crippen LogP contribution in [0.1, 0.15) is 36.1 Å². The maximum atomic E-state index is 14.0. The summed E-state index contributed by atoms with van der Waals surface area (Å²) >= 11 is 0.